The Morgan fingerprint density at radius 2 is 2.11 bits per heavy atom. The van der Waals surface area contributed by atoms with Gasteiger partial charge in [-0.1, -0.05) is 20.8 Å². The van der Waals surface area contributed by atoms with Gasteiger partial charge in [-0.2, -0.15) is 0 Å². The number of aliphatic hydroxyl groups is 1. The highest BCUT2D eigenvalue weighted by Gasteiger charge is 2.20. The first-order valence-electron chi connectivity index (χ1n) is 6.45. The summed E-state index contributed by atoms with van der Waals surface area (Å²) in [5.41, 5.74) is 8.47. The van der Waals surface area contributed by atoms with Crippen molar-refractivity contribution >= 4 is 16.7 Å². The quantitative estimate of drug-likeness (QED) is 0.815. The summed E-state index contributed by atoms with van der Waals surface area (Å²) < 4.78 is 2.15. The lowest BCUT2D eigenvalue weighted by Crippen LogP contribution is -2.21. The summed E-state index contributed by atoms with van der Waals surface area (Å²) in [5, 5.41) is 9.63. The molecule has 2 aromatic rings. The average molecular weight is 247 g/mol. The first-order valence-corrected chi connectivity index (χ1v) is 6.45. The van der Waals surface area contributed by atoms with Gasteiger partial charge in [0.2, 0.25) is 0 Å². The van der Waals surface area contributed by atoms with E-state index < -0.39 is 0 Å². The van der Waals surface area contributed by atoms with Crippen molar-refractivity contribution in [2.24, 2.45) is 5.92 Å². The molecule has 0 spiro atoms. The smallest absolute Gasteiger partial charge is 0.109 e. The third kappa shape index (κ3) is 2.08. The Morgan fingerprint density at radius 1 is 1.39 bits per heavy atom. The summed E-state index contributed by atoms with van der Waals surface area (Å²) >= 11 is 0. The van der Waals surface area contributed by atoms with Crippen LogP contribution in [-0.2, 0) is 6.42 Å². The van der Waals surface area contributed by atoms with Gasteiger partial charge in [-0.15, -0.1) is 0 Å². The summed E-state index contributed by atoms with van der Waals surface area (Å²) in [6.45, 7) is 6.43. The molecule has 18 heavy (non-hydrogen) atoms. The van der Waals surface area contributed by atoms with E-state index in [1.165, 1.54) is 0 Å². The molecule has 0 bridgehead atoms. The predicted molar refractivity (Wildman–Crippen MR) is 74.5 cm³/mol. The molecule has 0 fully saturated rings. The normalized spacial score (nSPS) is 13.4. The summed E-state index contributed by atoms with van der Waals surface area (Å²) in [7, 11) is 0. The van der Waals surface area contributed by atoms with Crippen LogP contribution in [0.1, 0.15) is 32.6 Å². The monoisotopic (exact) mass is 247 g/mol. The van der Waals surface area contributed by atoms with E-state index in [4.69, 9.17) is 5.73 Å². The highest BCUT2D eigenvalue weighted by atomic mass is 16.3. The number of hydrogen-bond donors (Lipinski definition) is 2. The minimum atomic E-state index is 0.0635. The van der Waals surface area contributed by atoms with Gasteiger partial charge in [0.15, 0.2) is 0 Å². The summed E-state index contributed by atoms with van der Waals surface area (Å²) in [6, 6.07) is 5.82. The summed E-state index contributed by atoms with van der Waals surface area (Å²) in [5.74, 6) is 1.36. The topological polar surface area (TPSA) is 64.1 Å². The molecule has 0 aliphatic rings. The number of benzene rings is 1. The first kappa shape index (κ1) is 12.9. The molecule has 1 aromatic heterocycles. The zero-order valence-corrected chi connectivity index (χ0v) is 11.2. The molecular weight excluding hydrogens is 226 g/mol. The molecule has 0 saturated heterocycles. The number of fused-ring (bicyclic) bond motifs is 1. The van der Waals surface area contributed by atoms with E-state index in [0.29, 0.717) is 5.92 Å². The lowest BCUT2D eigenvalue weighted by molar-refractivity contribution is 0.193. The van der Waals surface area contributed by atoms with Crippen molar-refractivity contribution in [3.05, 3.63) is 24.0 Å². The number of aryl methyl sites for hydroxylation is 1. The molecule has 0 radical (unpaired) electrons. The second-order valence-corrected chi connectivity index (χ2v) is 4.99. The number of rotatable bonds is 4. The molecule has 0 aliphatic heterocycles. The molecule has 2 rings (SSSR count). The second kappa shape index (κ2) is 4.98. The van der Waals surface area contributed by atoms with E-state index in [-0.39, 0.29) is 12.6 Å². The molecule has 3 N–H and O–H groups in total. The van der Waals surface area contributed by atoms with Crippen molar-refractivity contribution in [1.29, 1.82) is 0 Å². The van der Waals surface area contributed by atoms with E-state index in [0.717, 1.165) is 29.0 Å². The van der Waals surface area contributed by atoms with Crippen molar-refractivity contribution in [3.63, 3.8) is 0 Å². The molecule has 0 saturated carbocycles. The third-order valence-electron chi connectivity index (χ3n) is 3.39. The highest BCUT2D eigenvalue weighted by Crippen LogP contribution is 2.27. The van der Waals surface area contributed by atoms with Crippen molar-refractivity contribution in [1.82, 2.24) is 9.55 Å². The number of imidazole rings is 1. The van der Waals surface area contributed by atoms with Gasteiger partial charge in [0, 0.05) is 12.1 Å². The van der Waals surface area contributed by atoms with Gasteiger partial charge in [0.05, 0.1) is 23.7 Å². The zero-order valence-electron chi connectivity index (χ0n) is 11.2. The molecule has 0 aliphatic carbocycles. The van der Waals surface area contributed by atoms with Crippen molar-refractivity contribution < 1.29 is 5.11 Å². The van der Waals surface area contributed by atoms with Crippen LogP contribution < -0.4 is 5.73 Å². The average Bonchev–Trinajstić information content (AvgIpc) is 2.67. The van der Waals surface area contributed by atoms with E-state index in [1.54, 1.807) is 0 Å². The third-order valence-corrected chi connectivity index (χ3v) is 3.39. The van der Waals surface area contributed by atoms with E-state index in [2.05, 4.69) is 30.3 Å². The van der Waals surface area contributed by atoms with E-state index in [1.807, 2.05) is 18.2 Å². The molecule has 4 nitrogen and oxygen atoms in total. The maximum Gasteiger partial charge on any atom is 0.109 e. The SMILES string of the molecule is CCc1nc2cc(N)ccc2n1C(CO)C(C)C. The molecular formula is C14H21N3O. The summed E-state index contributed by atoms with van der Waals surface area (Å²) in [6.07, 6.45) is 0.845. The number of aliphatic hydroxyl groups excluding tert-OH is 1. The number of nitrogen functional groups attached to an aromatic ring is 1. The predicted octanol–water partition coefficient (Wildman–Crippen LogP) is 2.37. The summed E-state index contributed by atoms with van der Waals surface area (Å²) in [4.78, 5) is 4.62. The van der Waals surface area contributed by atoms with Crippen LogP contribution in [0.4, 0.5) is 5.69 Å². The molecule has 1 aromatic carbocycles. The van der Waals surface area contributed by atoms with Crippen molar-refractivity contribution in [2.45, 2.75) is 33.2 Å². The van der Waals surface area contributed by atoms with Gasteiger partial charge in [0.25, 0.3) is 0 Å². The Hall–Kier alpha value is -1.55. The largest absolute Gasteiger partial charge is 0.399 e. The second-order valence-electron chi connectivity index (χ2n) is 4.99. The lowest BCUT2D eigenvalue weighted by atomic mass is 10.0. The molecule has 1 heterocycles. The minimum absolute atomic E-state index is 0.0635. The maximum absolute atomic E-state index is 9.63. The zero-order chi connectivity index (χ0) is 13.3. The van der Waals surface area contributed by atoms with Gasteiger partial charge in [-0.05, 0) is 24.1 Å². The number of anilines is 1. The van der Waals surface area contributed by atoms with Gasteiger partial charge in [-0.3, -0.25) is 0 Å². The number of nitrogens with two attached hydrogens (primary N) is 1. The van der Waals surface area contributed by atoms with Crippen LogP contribution in [0.15, 0.2) is 18.2 Å². The fraction of sp³-hybridized carbons (Fsp3) is 0.500. The van der Waals surface area contributed by atoms with Crippen molar-refractivity contribution in [3.8, 4) is 0 Å². The van der Waals surface area contributed by atoms with Crippen LogP contribution in [0.3, 0.4) is 0 Å². The van der Waals surface area contributed by atoms with Gasteiger partial charge in [-0.25, -0.2) is 4.98 Å². The van der Waals surface area contributed by atoms with Gasteiger partial charge >= 0.3 is 0 Å². The van der Waals surface area contributed by atoms with E-state index in [9.17, 15) is 5.11 Å². The Morgan fingerprint density at radius 3 is 2.67 bits per heavy atom. The van der Waals surface area contributed by atoms with Crippen LogP contribution in [-0.4, -0.2) is 21.3 Å². The Kier molecular flexibility index (Phi) is 3.57. The van der Waals surface area contributed by atoms with Crippen LogP contribution in [0.25, 0.3) is 11.0 Å². The van der Waals surface area contributed by atoms with Crippen LogP contribution >= 0.6 is 0 Å². The van der Waals surface area contributed by atoms with Gasteiger partial charge in [0.1, 0.15) is 5.82 Å². The number of nitrogens with zero attached hydrogens (tertiary/aromatic N) is 2. The standard InChI is InChI=1S/C14H21N3O/c1-4-14-16-11-7-10(15)5-6-12(11)17(14)13(8-18)9(2)3/h5-7,9,13,18H,4,8,15H2,1-3H3. The lowest BCUT2D eigenvalue weighted by Gasteiger charge is -2.23. The van der Waals surface area contributed by atoms with Crippen LogP contribution in [0.2, 0.25) is 0 Å². The molecule has 0 amide bonds. The fourth-order valence-corrected chi connectivity index (χ4v) is 2.38. The minimum Gasteiger partial charge on any atom is -0.399 e. The maximum atomic E-state index is 9.63. The Bertz CT molecular complexity index is 545. The van der Waals surface area contributed by atoms with E-state index >= 15 is 0 Å². The first-order chi connectivity index (χ1) is 8.58. The molecule has 4 heteroatoms. The number of aromatic nitrogens is 2. The Balaban J connectivity index is 2.66. The molecule has 98 valence electrons. The fourth-order valence-electron chi connectivity index (χ4n) is 2.38. The Labute approximate surface area is 107 Å². The van der Waals surface area contributed by atoms with Gasteiger partial charge < -0.3 is 15.4 Å². The van der Waals surface area contributed by atoms with Crippen LogP contribution in [0.5, 0.6) is 0 Å². The molecule has 1 unspecified atom stereocenters. The highest BCUT2D eigenvalue weighted by molar-refractivity contribution is 5.79. The number of hydrogen-bond acceptors (Lipinski definition) is 3. The molecule has 1 atom stereocenters. The van der Waals surface area contributed by atoms with Crippen LogP contribution in [0, 0.1) is 5.92 Å². The van der Waals surface area contributed by atoms with Crippen molar-refractivity contribution in [2.75, 3.05) is 12.3 Å².